The van der Waals surface area contributed by atoms with Crippen LogP contribution in [-0.4, -0.2) is 53.5 Å². The number of rotatable bonds is 2. The number of fused-ring (bicyclic) bond motifs is 1. The van der Waals surface area contributed by atoms with Crippen LogP contribution in [0.3, 0.4) is 0 Å². The van der Waals surface area contributed by atoms with E-state index in [0.717, 1.165) is 19.4 Å². The van der Waals surface area contributed by atoms with Crippen LogP contribution in [0.15, 0.2) is 0 Å². The summed E-state index contributed by atoms with van der Waals surface area (Å²) in [4.78, 5) is 14.9. The number of hydrogen-bond donors (Lipinski definition) is 2. The highest BCUT2D eigenvalue weighted by Crippen LogP contribution is 2.52. The minimum absolute atomic E-state index is 0.00943. The minimum atomic E-state index is -0.361. The maximum absolute atomic E-state index is 13.0. The van der Waals surface area contributed by atoms with Gasteiger partial charge in [-0.1, -0.05) is 33.1 Å². The predicted octanol–water partition coefficient (Wildman–Crippen LogP) is 2.53. The Morgan fingerprint density at radius 1 is 1.21 bits per heavy atom. The number of aliphatic hydroxyl groups is 1. The van der Waals surface area contributed by atoms with E-state index in [4.69, 9.17) is 4.74 Å². The van der Waals surface area contributed by atoms with Crippen molar-refractivity contribution in [1.29, 1.82) is 0 Å². The Bertz CT molecular complexity index is 489. The summed E-state index contributed by atoms with van der Waals surface area (Å²) in [5, 5.41) is 13.5. The van der Waals surface area contributed by atoms with Gasteiger partial charge >= 0.3 is 6.03 Å². The monoisotopic (exact) mass is 336 g/mol. The van der Waals surface area contributed by atoms with Gasteiger partial charge in [-0.25, -0.2) is 4.79 Å². The van der Waals surface area contributed by atoms with Crippen LogP contribution in [0.25, 0.3) is 0 Å². The van der Waals surface area contributed by atoms with E-state index in [1.807, 2.05) is 4.90 Å². The molecule has 2 aliphatic heterocycles. The first kappa shape index (κ1) is 16.6. The molecule has 0 spiro atoms. The van der Waals surface area contributed by atoms with E-state index in [0.29, 0.717) is 24.5 Å². The van der Waals surface area contributed by atoms with Gasteiger partial charge in [0, 0.05) is 36.6 Å². The second kappa shape index (κ2) is 6.17. The Kier molecular flexibility index (Phi) is 4.28. The highest BCUT2D eigenvalue weighted by atomic mass is 16.5. The number of urea groups is 1. The summed E-state index contributed by atoms with van der Waals surface area (Å²) in [6.07, 6.45) is 7.99. The number of carbonyl (C=O) groups is 1. The van der Waals surface area contributed by atoms with Crippen LogP contribution in [0.1, 0.15) is 58.8 Å². The zero-order valence-corrected chi connectivity index (χ0v) is 15.0. The number of β-amino-alcohol motifs (C(OH)–C–C–N with tert-alkyl or cyclic N) is 1. The SMILES string of the molecule is CC1(C)[C@H](NC(=O)N2C[C@H](O)C[C@@H]2C2CCCCC2)[C@H]2CCO[C@@H]21. The topological polar surface area (TPSA) is 61.8 Å². The van der Waals surface area contributed by atoms with Gasteiger partial charge in [-0.3, -0.25) is 0 Å². The average molecular weight is 336 g/mol. The van der Waals surface area contributed by atoms with E-state index >= 15 is 0 Å². The molecule has 5 atom stereocenters. The quantitative estimate of drug-likeness (QED) is 0.814. The molecule has 0 aromatic heterocycles. The van der Waals surface area contributed by atoms with Gasteiger partial charge in [0.1, 0.15) is 0 Å². The van der Waals surface area contributed by atoms with Crippen LogP contribution in [0.5, 0.6) is 0 Å². The molecule has 2 heterocycles. The van der Waals surface area contributed by atoms with Crippen molar-refractivity contribution in [3.05, 3.63) is 0 Å². The van der Waals surface area contributed by atoms with Gasteiger partial charge in [0.15, 0.2) is 0 Å². The third-order valence-electron chi connectivity index (χ3n) is 7.16. The third kappa shape index (κ3) is 2.64. The van der Waals surface area contributed by atoms with Gasteiger partial charge in [-0.15, -0.1) is 0 Å². The van der Waals surface area contributed by atoms with E-state index < -0.39 is 0 Å². The fourth-order valence-electron chi connectivity index (χ4n) is 5.88. The van der Waals surface area contributed by atoms with Crippen molar-refractivity contribution in [1.82, 2.24) is 10.2 Å². The smallest absolute Gasteiger partial charge is 0.317 e. The molecule has 2 N–H and O–H groups in total. The number of amides is 2. The van der Waals surface area contributed by atoms with Crippen LogP contribution < -0.4 is 5.32 Å². The summed E-state index contributed by atoms with van der Waals surface area (Å²) >= 11 is 0. The Morgan fingerprint density at radius 2 is 1.96 bits per heavy atom. The van der Waals surface area contributed by atoms with Crippen molar-refractivity contribution in [3.8, 4) is 0 Å². The number of nitrogens with one attached hydrogen (secondary N) is 1. The lowest BCUT2D eigenvalue weighted by atomic mass is 9.57. The van der Waals surface area contributed by atoms with E-state index in [2.05, 4.69) is 19.2 Å². The summed E-state index contributed by atoms with van der Waals surface area (Å²) in [7, 11) is 0. The lowest BCUT2D eigenvalue weighted by Crippen LogP contribution is -2.68. The van der Waals surface area contributed by atoms with Gasteiger partial charge in [-0.2, -0.15) is 0 Å². The van der Waals surface area contributed by atoms with Crippen molar-refractivity contribution in [3.63, 3.8) is 0 Å². The van der Waals surface area contributed by atoms with Gasteiger partial charge < -0.3 is 20.1 Å². The highest BCUT2D eigenvalue weighted by molar-refractivity contribution is 5.75. The Labute approximate surface area is 145 Å². The fourth-order valence-corrected chi connectivity index (χ4v) is 5.88. The number of ether oxygens (including phenoxy) is 1. The van der Waals surface area contributed by atoms with Crippen molar-refractivity contribution in [2.75, 3.05) is 13.2 Å². The summed E-state index contributed by atoms with van der Waals surface area (Å²) in [6.45, 7) is 5.70. The molecule has 4 aliphatic rings. The molecule has 4 fully saturated rings. The molecular formula is C19H32N2O3. The normalized spacial score (nSPS) is 41.8. The molecule has 2 saturated carbocycles. The van der Waals surface area contributed by atoms with Crippen LogP contribution in [0.2, 0.25) is 0 Å². The summed E-state index contributed by atoms with van der Waals surface area (Å²) in [5.41, 5.74) is 0.00943. The maximum atomic E-state index is 13.0. The molecule has 0 aromatic carbocycles. The molecule has 0 radical (unpaired) electrons. The molecule has 5 heteroatoms. The molecule has 4 rings (SSSR count). The zero-order chi connectivity index (χ0) is 16.9. The lowest BCUT2D eigenvalue weighted by Gasteiger charge is -2.55. The second-order valence-corrected chi connectivity index (χ2v) is 9.00. The third-order valence-corrected chi connectivity index (χ3v) is 7.16. The molecule has 0 unspecified atom stereocenters. The number of likely N-dealkylation sites (tertiary alicyclic amines) is 1. The standard InChI is InChI=1S/C19H32N2O3/c1-19(2)16(14-8-9-24-17(14)19)20-18(23)21-11-13(22)10-15(21)12-6-4-3-5-7-12/h12-17,22H,3-11H2,1-2H3,(H,20,23)/t13-,14-,15-,16-,17+/m1/s1. The number of nitrogens with zero attached hydrogens (tertiary/aromatic N) is 1. The molecule has 2 amide bonds. The van der Waals surface area contributed by atoms with E-state index in [1.165, 1.54) is 32.1 Å². The molecule has 0 aromatic rings. The van der Waals surface area contributed by atoms with Gasteiger partial charge in [0.2, 0.25) is 0 Å². The van der Waals surface area contributed by atoms with Gasteiger partial charge in [0.25, 0.3) is 0 Å². The molecular weight excluding hydrogens is 304 g/mol. The Balaban J connectivity index is 1.43. The van der Waals surface area contributed by atoms with Gasteiger partial charge in [-0.05, 0) is 31.6 Å². The van der Waals surface area contributed by atoms with Crippen LogP contribution in [0.4, 0.5) is 4.79 Å². The lowest BCUT2D eigenvalue weighted by molar-refractivity contribution is -0.109. The zero-order valence-electron chi connectivity index (χ0n) is 15.0. The number of aliphatic hydroxyl groups excluding tert-OH is 1. The van der Waals surface area contributed by atoms with Crippen molar-refractivity contribution >= 4 is 6.03 Å². The largest absolute Gasteiger partial charge is 0.391 e. The van der Waals surface area contributed by atoms with Crippen LogP contribution in [-0.2, 0) is 4.74 Å². The minimum Gasteiger partial charge on any atom is -0.391 e. The first-order valence-corrected chi connectivity index (χ1v) is 9.85. The summed E-state index contributed by atoms with van der Waals surface area (Å²) < 4.78 is 5.83. The molecule has 136 valence electrons. The average Bonchev–Trinajstić information content (AvgIpc) is 3.18. The van der Waals surface area contributed by atoms with Crippen LogP contribution >= 0.6 is 0 Å². The molecule has 2 saturated heterocycles. The van der Waals surface area contributed by atoms with Crippen molar-refractivity contribution < 1.29 is 14.6 Å². The first-order chi connectivity index (χ1) is 11.5. The fraction of sp³-hybridized carbons (Fsp3) is 0.947. The van der Waals surface area contributed by atoms with E-state index in [1.54, 1.807) is 0 Å². The van der Waals surface area contributed by atoms with Crippen LogP contribution in [0, 0.1) is 17.3 Å². The predicted molar refractivity (Wildman–Crippen MR) is 91.6 cm³/mol. The van der Waals surface area contributed by atoms with E-state index in [9.17, 15) is 9.90 Å². The molecule has 24 heavy (non-hydrogen) atoms. The van der Waals surface area contributed by atoms with E-state index in [-0.39, 0.29) is 29.6 Å². The Hall–Kier alpha value is -0.810. The van der Waals surface area contributed by atoms with Crippen molar-refractivity contribution in [2.45, 2.75) is 83.1 Å². The number of hydrogen-bond acceptors (Lipinski definition) is 3. The van der Waals surface area contributed by atoms with Gasteiger partial charge in [0.05, 0.1) is 12.2 Å². The highest BCUT2D eigenvalue weighted by Gasteiger charge is 2.60. The van der Waals surface area contributed by atoms with Crippen molar-refractivity contribution in [2.24, 2.45) is 17.3 Å². The molecule has 5 nitrogen and oxygen atoms in total. The maximum Gasteiger partial charge on any atom is 0.317 e. The molecule has 0 bridgehead atoms. The summed E-state index contributed by atoms with van der Waals surface area (Å²) in [6, 6.07) is 0.451. The Morgan fingerprint density at radius 3 is 2.71 bits per heavy atom. The number of carbonyl (C=O) groups excluding carboxylic acids is 1. The first-order valence-electron chi connectivity index (χ1n) is 9.85. The second-order valence-electron chi connectivity index (χ2n) is 9.00. The summed E-state index contributed by atoms with van der Waals surface area (Å²) in [5.74, 6) is 1.03. The molecule has 2 aliphatic carbocycles.